The Labute approximate surface area is 149 Å². The highest BCUT2D eigenvalue weighted by Gasteiger charge is 2.29. The number of rotatable bonds is 5. The molecular weight excluding hydrogens is 367 g/mol. The van der Waals surface area contributed by atoms with E-state index in [0.717, 1.165) is 16.4 Å². The van der Waals surface area contributed by atoms with Crippen LogP contribution in [0.2, 0.25) is 0 Å². The van der Waals surface area contributed by atoms with Gasteiger partial charge >= 0.3 is 5.69 Å². The Morgan fingerprint density at radius 3 is 2.65 bits per heavy atom. The van der Waals surface area contributed by atoms with Crippen molar-refractivity contribution in [2.45, 2.75) is 11.0 Å². The van der Waals surface area contributed by atoms with Gasteiger partial charge in [0.1, 0.15) is 12.7 Å². The number of likely N-dealkylation sites (N-methyl/N-ethyl adjacent to an activating group) is 1. The van der Waals surface area contributed by atoms with Crippen molar-refractivity contribution in [1.29, 1.82) is 0 Å². The third kappa shape index (κ3) is 3.46. The maximum absolute atomic E-state index is 13.4. The molecule has 8 nitrogen and oxygen atoms in total. The van der Waals surface area contributed by atoms with Crippen LogP contribution in [0.15, 0.2) is 47.4 Å². The van der Waals surface area contributed by atoms with Crippen molar-refractivity contribution in [3.05, 3.63) is 58.4 Å². The zero-order valence-electron chi connectivity index (χ0n) is 13.7. The van der Waals surface area contributed by atoms with Crippen molar-refractivity contribution in [3.8, 4) is 11.5 Å². The van der Waals surface area contributed by atoms with Gasteiger partial charge in [-0.3, -0.25) is 10.1 Å². The molecule has 0 unspecified atom stereocenters. The molecule has 2 aromatic carbocycles. The number of halogens is 1. The minimum atomic E-state index is -4.06. The fourth-order valence-electron chi connectivity index (χ4n) is 2.51. The highest BCUT2D eigenvalue weighted by Crippen LogP contribution is 2.31. The second-order valence-corrected chi connectivity index (χ2v) is 7.70. The van der Waals surface area contributed by atoms with Crippen molar-refractivity contribution in [2.24, 2.45) is 0 Å². The van der Waals surface area contributed by atoms with Gasteiger partial charge in [0.05, 0.1) is 16.4 Å². The Morgan fingerprint density at radius 2 is 1.96 bits per heavy atom. The maximum atomic E-state index is 13.4. The van der Waals surface area contributed by atoms with Crippen LogP contribution >= 0.6 is 0 Å². The van der Waals surface area contributed by atoms with Crippen LogP contribution in [0.5, 0.6) is 11.5 Å². The van der Waals surface area contributed by atoms with E-state index in [-0.39, 0.29) is 18.0 Å². The zero-order chi connectivity index (χ0) is 18.9. The molecular formula is C16H15FN2O6S. The number of nitro groups is 1. The van der Waals surface area contributed by atoms with Crippen molar-refractivity contribution in [1.82, 2.24) is 4.31 Å². The normalized spacial score (nSPS) is 16.5. The number of benzene rings is 2. The third-order valence-corrected chi connectivity index (χ3v) is 5.67. The van der Waals surface area contributed by atoms with Crippen LogP contribution in [-0.4, -0.2) is 43.9 Å². The van der Waals surface area contributed by atoms with Crippen LogP contribution in [0.3, 0.4) is 0 Å². The molecule has 0 amide bonds. The van der Waals surface area contributed by atoms with Gasteiger partial charge in [0.2, 0.25) is 15.8 Å². The number of ether oxygens (including phenoxy) is 2. The Kier molecular flexibility index (Phi) is 4.79. The molecule has 1 aliphatic rings. The maximum Gasteiger partial charge on any atom is 0.306 e. The van der Waals surface area contributed by atoms with E-state index in [0.29, 0.717) is 17.6 Å². The molecule has 0 saturated carbocycles. The molecule has 0 spiro atoms. The molecule has 0 aliphatic carbocycles. The van der Waals surface area contributed by atoms with E-state index in [1.165, 1.54) is 7.05 Å². The summed E-state index contributed by atoms with van der Waals surface area (Å²) in [6.45, 7) is 0.113. The first-order chi connectivity index (χ1) is 12.3. The SMILES string of the molecule is CN(C[C@H]1COc2ccccc2O1)S(=O)(=O)c1ccc(F)c([N+](=O)[O-])c1. The summed E-state index contributed by atoms with van der Waals surface area (Å²) in [6, 6.07) is 9.46. The summed E-state index contributed by atoms with van der Waals surface area (Å²) in [5, 5.41) is 10.8. The van der Waals surface area contributed by atoms with E-state index < -0.39 is 32.6 Å². The smallest absolute Gasteiger partial charge is 0.306 e. The van der Waals surface area contributed by atoms with Gasteiger partial charge in [0.25, 0.3) is 0 Å². The molecule has 0 radical (unpaired) electrons. The molecule has 1 aliphatic heterocycles. The van der Waals surface area contributed by atoms with E-state index in [9.17, 15) is 22.9 Å². The molecule has 3 rings (SSSR count). The molecule has 2 aromatic rings. The average Bonchev–Trinajstić information content (AvgIpc) is 2.61. The lowest BCUT2D eigenvalue weighted by Gasteiger charge is -2.29. The first kappa shape index (κ1) is 18.1. The Bertz CT molecular complexity index is 950. The van der Waals surface area contributed by atoms with Gasteiger partial charge in [-0.05, 0) is 24.3 Å². The van der Waals surface area contributed by atoms with Crippen LogP contribution in [0, 0.1) is 15.9 Å². The van der Waals surface area contributed by atoms with Crippen molar-refractivity contribution >= 4 is 15.7 Å². The molecule has 0 N–H and O–H groups in total. The molecule has 0 bridgehead atoms. The standard InChI is InChI=1S/C16H15FN2O6S/c1-18(9-11-10-24-15-4-2-3-5-16(15)25-11)26(22,23)12-6-7-13(17)14(8-12)19(20)21/h2-8,11H,9-10H2,1H3/t11-/m0/s1. The van der Waals surface area contributed by atoms with Crippen LogP contribution in [0.25, 0.3) is 0 Å². The van der Waals surface area contributed by atoms with Gasteiger partial charge in [-0.2, -0.15) is 8.70 Å². The Balaban J connectivity index is 1.78. The lowest BCUT2D eigenvalue weighted by Crippen LogP contribution is -2.41. The largest absolute Gasteiger partial charge is 0.486 e. The minimum Gasteiger partial charge on any atom is -0.486 e. The van der Waals surface area contributed by atoms with Gasteiger partial charge < -0.3 is 9.47 Å². The number of para-hydroxylation sites is 2. The summed E-state index contributed by atoms with van der Waals surface area (Å²) in [7, 11) is -2.75. The highest BCUT2D eigenvalue weighted by molar-refractivity contribution is 7.89. The second-order valence-electron chi connectivity index (χ2n) is 5.65. The predicted octanol–water partition coefficient (Wildman–Crippen LogP) is 2.19. The Hall–Kier alpha value is -2.72. The lowest BCUT2D eigenvalue weighted by molar-refractivity contribution is -0.387. The van der Waals surface area contributed by atoms with Gasteiger partial charge in [-0.25, -0.2) is 8.42 Å². The molecule has 0 saturated heterocycles. The summed E-state index contributed by atoms with van der Waals surface area (Å²) >= 11 is 0. The predicted molar refractivity (Wildman–Crippen MR) is 89.2 cm³/mol. The van der Waals surface area contributed by atoms with E-state index in [4.69, 9.17) is 9.47 Å². The van der Waals surface area contributed by atoms with Crippen LogP contribution in [0.1, 0.15) is 0 Å². The van der Waals surface area contributed by atoms with Gasteiger partial charge in [-0.15, -0.1) is 0 Å². The van der Waals surface area contributed by atoms with Gasteiger partial charge in [-0.1, -0.05) is 12.1 Å². The monoisotopic (exact) mass is 382 g/mol. The van der Waals surface area contributed by atoms with Gasteiger partial charge in [0.15, 0.2) is 11.5 Å². The fourth-order valence-corrected chi connectivity index (χ4v) is 3.73. The quantitative estimate of drug-likeness (QED) is 0.581. The van der Waals surface area contributed by atoms with Crippen LogP contribution < -0.4 is 9.47 Å². The van der Waals surface area contributed by atoms with Gasteiger partial charge in [0, 0.05) is 13.1 Å². The first-order valence-corrected chi connectivity index (χ1v) is 9.02. The summed E-state index contributed by atoms with van der Waals surface area (Å²) in [4.78, 5) is 9.49. The van der Waals surface area contributed by atoms with E-state index in [1.807, 2.05) is 0 Å². The number of hydrogen-bond donors (Lipinski definition) is 0. The van der Waals surface area contributed by atoms with E-state index in [1.54, 1.807) is 24.3 Å². The van der Waals surface area contributed by atoms with Crippen LogP contribution in [0.4, 0.5) is 10.1 Å². The van der Waals surface area contributed by atoms with Crippen LogP contribution in [-0.2, 0) is 10.0 Å². The highest BCUT2D eigenvalue weighted by atomic mass is 32.2. The van der Waals surface area contributed by atoms with Crippen molar-refractivity contribution < 1.29 is 27.2 Å². The fraction of sp³-hybridized carbons (Fsp3) is 0.250. The van der Waals surface area contributed by atoms with Crippen molar-refractivity contribution in [2.75, 3.05) is 20.2 Å². The number of fused-ring (bicyclic) bond motifs is 1. The molecule has 138 valence electrons. The molecule has 10 heteroatoms. The average molecular weight is 382 g/mol. The molecule has 0 fully saturated rings. The Morgan fingerprint density at radius 1 is 1.27 bits per heavy atom. The number of nitrogens with zero attached hydrogens (tertiary/aromatic N) is 2. The van der Waals surface area contributed by atoms with E-state index in [2.05, 4.69) is 0 Å². The van der Waals surface area contributed by atoms with E-state index >= 15 is 0 Å². The summed E-state index contributed by atoms with van der Waals surface area (Å²) < 4.78 is 50.9. The zero-order valence-corrected chi connectivity index (χ0v) is 14.5. The molecule has 1 heterocycles. The molecule has 0 aromatic heterocycles. The molecule has 26 heavy (non-hydrogen) atoms. The number of sulfonamides is 1. The topological polar surface area (TPSA) is 99.0 Å². The van der Waals surface area contributed by atoms with Crippen molar-refractivity contribution in [3.63, 3.8) is 0 Å². The lowest BCUT2D eigenvalue weighted by atomic mass is 10.2. The number of hydrogen-bond acceptors (Lipinski definition) is 6. The second kappa shape index (κ2) is 6.89. The molecule has 1 atom stereocenters. The summed E-state index contributed by atoms with van der Waals surface area (Å²) in [5.41, 5.74) is -0.898. The first-order valence-electron chi connectivity index (χ1n) is 7.58. The minimum absolute atomic E-state index is 0.0398. The number of nitro benzene ring substituents is 1. The summed E-state index contributed by atoms with van der Waals surface area (Å²) in [5.74, 6) is -0.0207. The summed E-state index contributed by atoms with van der Waals surface area (Å²) in [6.07, 6.45) is -0.555. The third-order valence-electron chi connectivity index (χ3n) is 3.85.